The fourth-order valence-corrected chi connectivity index (χ4v) is 5.43. The van der Waals surface area contributed by atoms with E-state index in [2.05, 4.69) is 16.4 Å². The smallest absolute Gasteiger partial charge is 0.253 e. The molecule has 2 fully saturated rings. The van der Waals surface area contributed by atoms with Gasteiger partial charge in [0.1, 0.15) is 23.2 Å². The van der Waals surface area contributed by atoms with Gasteiger partial charge in [-0.25, -0.2) is 4.39 Å². The van der Waals surface area contributed by atoms with Crippen LogP contribution in [0.1, 0.15) is 53.1 Å². The topological polar surface area (TPSA) is 112 Å². The summed E-state index contributed by atoms with van der Waals surface area (Å²) < 4.78 is 27.1. The normalized spacial score (nSPS) is 15.6. The SMILES string of the molecule is CN(CCO)C(=O)c1ccc(-c2cc3ncc(C4CC4)c(-c4ccc(NC5CCOCC5)c(C#N)c4)c3o2)c(F)c1. The van der Waals surface area contributed by atoms with Gasteiger partial charge in [0.15, 0.2) is 5.58 Å². The lowest BCUT2D eigenvalue weighted by atomic mass is 9.95. The predicted octanol–water partition coefficient (Wildman–Crippen LogP) is 5.71. The third-order valence-electron chi connectivity index (χ3n) is 7.86. The molecule has 1 saturated carbocycles. The van der Waals surface area contributed by atoms with E-state index in [1.807, 2.05) is 24.4 Å². The van der Waals surface area contributed by atoms with Crippen LogP contribution >= 0.6 is 0 Å². The molecule has 2 aromatic carbocycles. The number of ether oxygens (including phenoxy) is 1. The van der Waals surface area contributed by atoms with E-state index >= 15 is 4.39 Å². The highest BCUT2D eigenvalue weighted by Crippen LogP contribution is 2.47. The Morgan fingerprint density at radius 3 is 2.68 bits per heavy atom. The molecule has 210 valence electrons. The van der Waals surface area contributed by atoms with Crippen LogP contribution < -0.4 is 5.32 Å². The number of halogens is 1. The maximum absolute atomic E-state index is 15.3. The van der Waals surface area contributed by atoms with Gasteiger partial charge in [-0.05, 0) is 73.1 Å². The number of aliphatic hydroxyl groups excluding tert-OH is 1. The van der Waals surface area contributed by atoms with E-state index in [-0.39, 0.29) is 36.2 Å². The quantitative estimate of drug-likeness (QED) is 0.287. The van der Waals surface area contributed by atoms with Gasteiger partial charge in [-0.2, -0.15) is 5.26 Å². The molecular weight excluding hydrogens is 523 g/mol. The lowest BCUT2D eigenvalue weighted by Gasteiger charge is -2.24. The number of nitrogens with zero attached hydrogens (tertiary/aromatic N) is 3. The summed E-state index contributed by atoms with van der Waals surface area (Å²) >= 11 is 0. The number of aromatic nitrogens is 1. The molecule has 1 saturated heterocycles. The molecule has 0 radical (unpaired) electrons. The van der Waals surface area contributed by atoms with Crippen LogP contribution in [-0.4, -0.2) is 60.4 Å². The van der Waals surface area contributed by atoms with Gasteiger partial charge in [0.05, 0.1) is 23.4 Å². The van der Waals surface area contributed by atoms with Crippen LogP contribution in [0, 0.1) is 17.1 Å². The average Bonchev–Trinajstić information content (AvgIpc) is 3.75. The molecule has 0 atom stereocenters. The van der Waals surface area contributed by atoms with Gasteiger partial charge < -0.3 is 24.5 Å². The molecular formula is C32H31FN4O4. The van der Waals surface area contributed by atoms with Crippen LogP contribution in [0.15, 0.2) is 53.1 Å². The number of likely N-dealkylation sites (N-methyl/N-ethyl adjacent to an activating group) is 1. The first-order valence-electron chi connectivity index (χ1n) is 13.9. The number of fused-ring (bicyclic) bond motifs is 1. The summed E-state index contributed by atoms with van der Waals surface area (Å²) in [5, 5.41) is 22.6. The molecule has 6 rings (SSSR count). The third kappa shape index (κ3) is 5.41. The number of rotatable bonds is 8. The average molecular weight is 555 g/mol. The molecule has 4 aromatic rings. The van der Waals surface area contributed by atoms with Crippen molar-refractivity contribution in [2.24, 2.45) is 0 Å². The zero-order valence-corrected chi connectivity index (χ0v) is 22.8. The van der Waals surface area contributed by atoms with Gasteiger partial charge in [-0.3, -0.25) is 9.78 Å². The summed E-state index contributed by atoms with van der Waals surface area (Å²) in [5.41, 5.74) is 5.65. The molecule has 1 aliphatic heterocycles. The maximum atomic E-state index is 15.3. The van der Waals surface area contributed by atoms with Crippen molar-refractivity contribution < 1.29 is 23.4 Å². The lowest BCUT2D eigenvalue weighted by molar-refractivity contribution is 0.0766. The largest absolute Gasteiger partial charge is 0.454 e. The standard InChI is InChI=1S/C32H31FN4O4/c1-37(10-11-38)32(39)21-4-6-24(26(33)15-21)29-16-28-31(41-29)30(25(18-35-28)19-2-3-19)20-5-7-27(22(14-20)17-34)36-23-8-12-40-13-9-23/h4-7,14-16,18-19,23,36,38H,2-3,8-13H2,1H3. The van der Waals surface area contributed by atoms with Gasteiger partial charge in [0.25, 0.3) is 5.91 Å². The van der Waals surface area contributed by atoms with Crippen molar-refractivity contribution in [2.75, 3.05) is 38.7 Å². The lowest BCUT2D eigenvalue weighted by Crippen LogP contribution is -2.29. The first-order valence-corrected chi connectivity index (χ1v) is 13.9. The van der Waals surface area contributed by atoms with Gasteiger partial charge >= 0.3 is 0 Å². The summed E-state index contributed by atoms with van der Waals surface area (Å²) in [7, 11) is 1.56. The van der Waals surface area contributed by atoms with E-state index in [0.29, 0.717) is 41.6 Å². The molecule has 9 heteroatoms. The van der Waals surface area contributed by atoms with Crippen molar-refractivity contribution in [1.82, 2.24) is 9.88 Å². The summed E-state index contributed by atoms with van der Waals surface area (Å²) in [6, 6.07) is 14.4. The number of hydrogen-bond donors (Lipinski definition) is 2. The molecule has 41 heavy (non-hydrogen) atoms. The van der Waals surface area contributed by atoms with E-state index in [4.69, 9.17) is 14.3 Å². The molecule has 0 bridgehead atoms. The van der Waals surface area contributed by atoms with E-state index < -0.39 is 5.82 Å². The summed E-state index contributed by atoms with van der Waals surface area (Å²) in [6.07, 6.45) is 5.76. The number of furan rings is 1. The van der Waals surface area contributed by atoms with Gasteiger partial charge in [-0.15, -0.1) is 0 Å². The highest BCUT2D eigenvalue weighted by molar-refractivity contribution is 5.96. The molecule has 2 aliphatic rings. The number of carbonyl (C=O) groups excluding carboxylic acids is 1. The Balaban J connectivity index is 1.38. The highest BCUT2D eigenvalue weighted by atomic mass is 19.1. The minimum absolute atomic E-state index is 0.156. The van der Waals surface area contributed by atoms with E-state index in [1.54, 1.807) is 19.2 Å². The molecule has 2 aromatic heterocycles. The van der Waals surface area contributed by atoms with Crippen LogP contribution in [0.5, 0.6) is 0 Å². The van der Waals surface area contributed by atoms with Gasteiger partial charge in [0, 0.05) is 56.2 Å². The molecule has 0 unspecified atom stereocenters. The fourth-order valence-electron chi connectivity index (χ4n) is 5.43. The number of aliphatic hydroxyl groups is 1. The Labute approximate surface area is 237 Å². The molecule has 8 nitrogen and oxygen atoms in total. The molecule has 1 amide bonds. The van der Waals surface area contributed by atoms with Gasteiger partial charge in [-0.1, -0.05) is 6.07 Å². The van der Waals surface area contributed by atoms with Crippen molar-refractivity contribution in [1.29, 1.82) is 5.26 Å². The van der Waals surface area contributed by atoms with Crippen LogP contribution in [0.25, 0.3) is 33.6 Å². The fraction of sp³-hybridized carbons (Fsp3) is 0.344. The van der Waals surface area contributed by atoms with Crippen molar-refractivity contribution in [3.63, 3.8) is 0 Å². The van der Waals surface area contributed by atoms with Crippen LogP contribution in [0.3, 0.4) is 0 Å². The summed E-state index contributed by atoms with van der Waals surface area (Å²) in [5.74, 6) is -0.305. The first-order chi connectivity index (χ1) is 20.0. The number of nitriles is 1. The molecule has 1 aliphatic carbocycles. The van der Waals surface area contributed by atoms with Crippen molar-refractivity contribution in [2.45, 2.75) is 37.6 Å². The maximum Gasteiger partial charge on any atom is 0.253 e. The second-order valence-electron chi connectivity index (χ2n) is 10.7. The number of anilines is 1. The monoisotopic (exact) mass is 554 g/mol. The minimum Gasteiger partial charge on any atom is -0.454 e. The number of carbonyl (C=O) groups is 1. The summed E-state index contributed by atoms with van der Waals surface area (Å²) in [6.45, 7) is 1.39. The number of hydrogen-bond acceptors (Lipinski definition) is 7. The Morgan fingerprint density at radius 1 is 1.17 bits per heavy atom. The van der Waals surface area contributed by atoms with E-state index in [1.165, 1.54) is 17.0 Å². The zero-order valence-electron chi connectivity index (χ0n) is 22.8. The zero-order chi connectivity index (χ0) is 28.5. The van der Waals surface area contributed by atoms with E-state index in [0.717, 1.165) is 48.1 Å². The second kappa shape index (κ2) is 11.3. The predicted molar refractivity (Wildman–Crippen MR) is 153 cm³/mol. The molecule has 2 N–H and O–H groups in total. The molecule has 0 spiro atoms. The third-order valence-corrected chi connectivity index (χ3v) is 7.86. The Kier molecular flexibility index (Phi) is 7.43. The highest BCUT2D eigenvalue weighted by Gasteiger charge is 2.30. The summed E-state index contributed by atoms with van der Waals surface area (Å²) in [4.78, 5) is 18.5. The van der Waals surface area contributed by atoms with E-state index in [9.17, 15) is 10.1 Å². The number of amides is 1. The van der Waals surface area contributed by atoms with Crippen LogP contribution in [0.4, 0.5) is 10.1 Å². The Bertz CT molecular complexity index is 1650. The number of nitrogens with one attached hydrogen (secondary N) is 1. The second-order valence-corrected chi connectivity index (χ2v) is 10.7. The first kappa shape index (κ1) is 26.9. The van der Waals surface area contributed by atoms with Crippen molar-refractivity contribution >= 4 is 22.7 Å². The number of pyridine rings is 1. The van der Waals surface area contributed by atoms with Gasteiger partial charge in [0.2, 0.25) is 0 Å². The van der Waals surface area contributed by atoms with Crippen LogP contribution in [-0.2, 0) is 4.74 Å². The number of benzene rings is 2. The molecule has 3 heterocycles. The Hall–Kier alpha value is -4.26. The minimum atomic E-state index is -0.591. The van der Waals surface area contributed by atoms with Crippen LogP contribution in [0.2, 0.25) is 0 Å². The Morgan fingerprint density at radius 2 is 1.98 bits per heavy atom. The van der Waals surface area contributed by atoms with Crippen molar-refractivity contribution in [3.05, 3.63) is 71.2 Å². The van der Waals surface area contributed by atoms with Crippen molar-refractivity contribution in [3.8, 4) is 28.5 Å².